The van der Waals surface area contributed by atoms with Crippen LogP contribution in [0.5, 0.6) is 0 Å². The van der Waals surface area contributed by atoms with Gasteiger partial charge >= 0.3 is 0 Å². The van der Waals surface area contributed by atoms with Crippen molar-refractivity contribution in [2.75, 3.05) is 0 Å². The zero-order chi connectivity index (χ0) is 10.0. The molecule has 0 radical (unpaired) electrons. The van der Waals surface area contributed by atoms with Crippen LogP contribution >= 0.6 is 11.6 Å². The highest BCUT2D eigenvalue weighted by Gasteiger charge is 2.11. The van der Waals surface area contributed by atoms with Crippen molar-refractivity contribution < 1.29 is 9.50 Å². The lowest BCUT2D eigenvalue weighted by molar-refractivity contribution is 0.173. The minimum atomic E-state index is -0.605. The lowest BCUT2D eigenvalue weighted by atomic mass is 10.0. The summed E-state index contributed by atoms with van der Waals surface area (Å²) in [5, 5.41) is 9.81. The van der Waals surface area contributed by atoms with Crippen LogP contribution in [0, 0.1) is 12.7 Å². The maximum Gasteiger partial charge on any atom is 0.127 e. The third-order valence-electron chi connectivity index (χ3n) is 2.02. The van der Waals surface area contributed by atoms with E-state index in [0.717, 1.165) is 0 Å². The van der Waals surface area contributed by atoms with E-state index in [9.17, 15) is 9.50 Å². The molecule has 0 aliphatic rings. The van der Waals surface area contributed by atoms with Gasteiger partial charge in [0, 0.05) is 5.02 Å². The molecule has 1 aromatic rings. The van der Waals surface area contributed by atoms with Crippen LogP contribution in [0.4, 0.5) is 4.39 Å². The smallest absolute Gasteiger partial charge is 0.127 e. The van der Waals surface area contributed by atoms with Crippen molar-refractivity contribution in [3.8, 4) is 0 Å². The van der Waals surface area contributed by atoms with E-state index < -0.39 is 6.10 Å². The first-order chi connectivity index (χ1) is 6.06. The Morgan fingerprint density at radius 3 is 2.69 bits per heavy atom. The van der Waals surface area contributed by atoms with Crippen LogP contribution in [0.3, 0.4) is 0 Å². The molecule has 1 unspecified atom stereocenters. The Bertz CT molecular complexity index is 312. The van der Waals surface area contributed by atoms with Crippen molar-refractivity contribution in [1.82, 2.24) is 0 Å². The van der Waals surface area contributed by atoms with E-state index in [1.807, 2.05) is 6.92 Å². The van der Waals surface area contributed by atoms with Gasteiger partial charge in [-0.25, -0.2) is 4.39 Å². The summed E-state index contributed by atoms with van der Waals surface area (Å²) in [6.45, 7) is 3.50. The molecule has 1 atom stereocenters. The first-order valence-corrected chi connectivity index (χ1v) is 4.57. The van der Waals surface area contributed by atoms with Gasteiger partial charge in [0.25, 0.3) is 0 Å². The summed E-state index contributed by atoms with van der Waals surface area (Å²) in [6, 6.07) is 2.83. The monoisotopic (exact) mass is 202 g/mol. The minimum absolute atomic E-state index is 0.289. The van der Waals surface area contributed by atoms with E-state index in [2.05, 4.69) is 0 Å². The van der Waals surface area contributed by atoms with Gasteiger partial charge in [0.2, 0.25) is 0 Å². The molecule has 0 amide bonds. The van der Waals surface area contributed by atoms with Crippen molar-refractivity contribution in [2.45, 2.75) is 26.4 Å². The highest BCUT2D eigenvalue weighted by atomic mass is 35.5. The fourth-order valence-electron chi connectivity index (χ4n) is 1.15. The van der Waals surface area contributed by atoms with Crippen LogP contribution in [0.15, 0.2) is 12.1 Å². The van der Waals surface area contributed by atoms with Crippen LogP contribution in [0.2, 0.25) is 5.02 Å². The van der Waals surface area contributed by atoms with Crippen LogP contribution < -0.4 is 0 Å². The molecule has 0 saturated heterocycles. The second-order valence-electron chi connectivity index (χ2n) is 3.05. The molecule has 72 valence electrons. The standard InChI is InChI=1S/C10H12ClFO/c1-3-10(13)7-4-6(2)9(12)5-8(7)11/h4-5,10,13H,3H2,1-2H3. The van der Waals surface area contributed by atoms with Gasteiger partial charge in [0.1, 0.15) is 5.82 Å². The van der Waals surface area contributed by atoms with Gasteiger partial charge in [-0.15, -0.1) is 0 Å². The van der Waals surface area contributed by atoms with Crippen LogP contribution in [0.25, 0.3) is 0 Å². The van der Waals surface area contributed by atoms with Gasteiger partial charge in [-0.2, -0.15) is 0 Å². The molecule has 1 N–H and O–H groups in total. The highest BCUT2D eigenvalue weighted by molar-refractivity contribution is 6.31. The molecule has 13 heavy (non-hydrogen) atoms. The topological polar surface area (TPSA) is 20.2 Å². The third kappa shape index (κ3) is 2.20. The van der Waals surface area contributed by atoms with Crippen LogP contribution in [-0.4, -0.2) is 5.11 Å². The van der Waals surface area contributed by atoms with Gasteiger partial charge < -0.3 is 5.11 Å². The summed E-state index contributed by atoms with van der Waals surface area (Å²) >= 11 is 5.78. The van der Waals surface area contributed by atoms with Gasteiger partial charge in [0.05, 0.1) is 6.10 Å². The number of benzene rings is 1. The molecule has 1 aromatic carbocycles. The van der Waals surface area contributed by atoms with Gasteiger partial charge in [-0.05, 0) is 36.6 Å². The van der Waals surface area contributed by atoms with Crippen molar-refractivity contribution in [2.24, 2.45) is 0 Å². The average molecular weight is 203 g/mol. The second kappa shape index (κ2) is 4.07. The molecule has 3 heteroatoms. The Kier molecular flexibility index (Phi) is 3.28. The number of hydrogen-bond donors (Lipinski definition) is 1. The molecule has 1 nitrogen and oxygen atoms in total. The van der Waals surface area contributed by atoms with E-state index in [0.29, 0.717) is 17.5 Å². The van der Waals surface area contributed by atoms with E-state index in [1.165, 1.54) is 6.07 Å². The summed E-state index contributed by atoms with van der Waals surface area (Å²) in [7, 11) is 0. The van der Waals surface area contributed by atoms with E-state index >= 15 is 0 Å². The first kappa shape index (κ1) is 10.5. The van der Waals surface area contributed by atoms with Crippen molar-refractivity contribution >= 4 is 11.6 Å². The van der Waals surface area contributed by atoms with Gasteiger partial charge in [-0.1, -0.05) is 18.5 Å². The maximum atomic E-state index is 13.0. The Morgan fingerprint density at radius 1 is 1.54 bits per heavy atom. The SMILES string of the molecule is CCC(O)c1cc(C)c(F)cc1Cl. The second-order valence-corrected chi connectivity index (χ2v) is 3.45. The summed E-state index contributed by atoms with van der Waals surface area (Å²) in [5.41, 5.74) is 1.11. The largest absolute Gasteiger partial charge is 0.388 e. The molecule has 0 aliphatic carbocycles. The average Bonchev–Trinajstić information content (AvgIpc) is 2.10. The normalized spacial score (nSPS) is 13.0. The molecule has 0 aliphatic heterocycles. The van der Waals surface area contributed by atoms with Crippen LogP contribution in [0.1, 0.15) is 30.6 Å². The quantitative estimate of drug-likeness (QED) is 0.781. The summed E-state index contributed by atoms with van der Waals surface area (Å²) in [4.78, 5) is 0. The molecule has 0 spiro atoms. The van der Waals surface area contributed by atoms with E-state index in [4.69, 9.17) is 11.6 Å². The Labute approximate surface area is 82.2 Å². The molecular formula is C10H12ClFO. The number of aliphatic hydroxyl groups excluding tert-OH is 1. The minimum Gasteiger partial charge on any atom is -0.388 e. The molecule has 0 saturated carbocycles. The first-order valence-electron chi connectivity index (χ1n) is 4.19. The fourth-order valence-corrected chi connectivity index (χ4v) is 1.43. The Morgan fingerprint density at radius 2 is 2.15 bits per heavy atom. The number of aryl methyl sites for hydroxylation is 1. The Hall–Kier alpha value is -0.600. The summed E-state index contributed by atoms with van der Waals surface area (Å²) in [5.74, 6) is -0.336. The van der Waals surface area contributed by atoms with Crippen LogP contribution in [-0.2, 0) is 0 Å². The number of hydrogen-bond acceptors (Lipinski definition) is 1. The Balaban J connectivity index is 3.15. The number of aliphatic hydroxyl groups is 1. The third-order valence-corrected chi connectivity index (χ3v) is 2.35. The molecule has 1 rings (SSSR count). The van der Waals surface area contributed by atoms with Gasteiger partial charge in [0.15, 0.2) is 0 Å². The number of halogens is 2. The molecule has 0 bridgehead atoms. The molecule has 0 aromatic heterocycles. The summed E-state index contributed by atoms with van der Waals surface area (Å²) in [6.07, 6.45) is -0.0306. The van der Waals surface area contributed by atoms with Crippen molar-refractivity contribution in [3.05, 3.63) is 34.1 Å². The van der Waals surface area contributed by atoms with Crippen molar-refractivity contribution in [3.63, 3.8) is 0 Å². The summed E-state index contributed by atoms with van der Waals surface area (Å²) < 4.78 is 13.0. The molecule has 0 heterocycles. The predicted molar refractivity (Wildman–Crippen MR) is 51.4 cm³/mol. The number of rotatable bonds is 2. The van der Waals surface area contributed by atoms with E-state index in [-0.39, 0.29) is 10.8 Å². The van der Waals surface area contributed by atoms with E-state index in [1.54, 1.807) is 13.0 Å². The fraction of sp³-hybridized carbons (Fsp3) is 0.400. The molecule has 0 fully saturated rings. The van der Waals surface area contributed by atoms with Gasteiger partial charge in [-0.3, -0.25) is 0 Å². The lowest BCUT2D eigenvalue weighted by Gasteiger charge is -2.11. The zero-order valence-corrected chi connectivity index (χ0v) is 8.40. The van der Waals surface area contributed by atoms with Crippen molar-refractivity contribution in [1.29, 1.82) is 0 Å². The lowest BCUT2D eigenvalue weighted by Crippen LogP contribution is -1.98. The zero-order valence-electron chi connectivity index (χ0n) is 7.64. The maximum absolute atomic E-state index is 13.0. The predicted octanol–water partition coefficient (Wildman–Crippen LogP) is 3.23. The highest BCUT2D eigenvalue weighted by Crippen LogP contribution is 2.27. The molecular weight excluding hydrogens is 191 g/mol.